The number of hydrogen-bond acceptors (Lipinski definition) is 2. The zero-order valence-corrected chi connectivity index (χ0v) is 15.6. The van der Waals surface area contributed by atoms with Crippen LogP contribution in [0.5, 0.6) is 0 Å². The molecule has 0 bridgehead atoms. The lowest BCUT2D eigenvalue weighted by Gasteiger charge is -2.38. The molecule has 27 heavy (non-hydrogen) atoms. The van der Waals surface area contributed by atoms with Gasteiger partial charge in [0.05, 0.1) is 0 Å². The van der Waals surface area contributed by atoms with Gasteiger partial charge in [-0.2, -0.15) is 0 Å². The van der Waals surface area contributed by atoms with Gasteiger partial charge in [0, 0.05) is 37.9 Å². The van der Waals surface area contributed by atoms with Crippen LogP contribution in [-0.4, -0.2) is 42.0 Å². The molecule has 1 fully saturated rings. The monoisotopic (exact) mass is 359 g/mol. The number of carbonyl (C=O) groups excluding carboxylic acids is 1. The Morgan fingerprint density at radius 3 is 2.26 bits per heavy atom. The minimum Gasteiger partial charge on any atom is -0.322 e. The largest absolute Gasteiger partial charge is 0.322 e. The number of amides is 2. The molecule has 138 valence electrons. The second-order valence-electron chi connectivity index (χ2n) is 7.10. The van der Waals surface area contributed by atoms with Crippen LogP contribution in [0.15, 0.2) is 72.8 Å². The van der Waals surface area contributed by atoms with E-state index >= 15 is 0 Å². The molecule has 4 nitrogen and oxygen atoms in total. The molecule has 3 aromatic carbocycles. The molecule has 1 saturated heterocycles. The fraction of sp³-hybridized carbons (Fsp3) is 0.261. The summed E-state index contributed by atoms with van der Waals surface area (Å²) in [6, 6.07) is 25.1. The van der Waals surface area contributed by atoms with Crippen LogP contribution in [0.3, 0.4) is 0 Å². The number of anilines is 1. The number of benzene rings is 3. The smallest absolute Gasteiger partial charge is 0.321 e. The third kappa shape index (κ3) is 3.96. The van der Waals surface area contributed by atoms with Crippen LogP contribution in [0.4, 0.5) is 10.5 Å². The summed E-state index contributed by atoms with van der Waals surface area (Å²) >= 11 is 0. The number of nitrogens with zero attached hydrogens (tertiary/aromatic N) is 2. The van der Waals surface area contributed by atoms with E-state index < -0.39 is 0 Å². The third-order valence-electron chi connectivity index (χ3n) is 5.43. The van der Waals surface area contributed by atoms with Gasteiger partial charge in [-0.3, -0.25) is 4.90 Å². The number of carbonyl (C=O) groups is 1. The van der Waals surface area contributed by atoms with Crippen molar-refractivity contribution in [2.75, 3.05) is 31.5 Å². The third-order valence-corrected chi connectivity index (χ3v) is 5.43. The number of piperazine rings is 1. The van der Waals surface area contributed by atoms with E-state index in [1.165, 1.54) is 10.9 Å². The van der Waals surface area contributed by atoms with Gasteiger partial charge < -0.3 is 10.2 Å². The molecule has 0 aromatic heterocycles. The maximum atomic E-state index is 12.6. The average Bonchev–Trinajstić information content (AvgIpc) is 2.74. The minimum atomic E-state index is -0.0164. The van der Waals surface area contributed by atoms with Crippen LogP contribution >= 0.6 is 0 Å². The number of nitrogens with one attached hydrogen (secondary N) is 1. The molecule has 1 aliphatic heterocycles. The van der Waals surface area contributed by atoms with Crippen molar-refractivity contribution in [1.29, 1.82) is 0 Å². The molecule has 4 rings (SSSR count). The Labute approximate surface area is 160 Å². The summed E-state index contributed by atoms with van der Waals surface area (Å²) in [6.45, 7) is 5.51. The van der Waals surface area contributed by atoms with Crippen molar-refractivity contribution in [2.24, 2.45) is 0 Å². The summed E-state index contributed by atoms with van der Waals surface area (Å²) in [7, 11) is 0. The molecule has 1 heterocycles. The normalized spacial score (nSPS) is 16.3. The van der Waals surface area contributed by atoms with Crippen LogP contribution in [0.25, 0.3) is 10.8 Å². The van der Waals surface area contributed by atoms with E-state index in [1.807, 2.05) is 41.3 Å². The first-order chi connectivity index (χ1) is 13.2. The van der Waals surface area contributed by atoms with E-state index in [9.17, 15) is 4.79 Å². The van der Waals surface area contributed by atoms with Gasteiger partial charge in [-0.1, -0.05) is 60.7 Å². The van der Waals surface area contributed by atoms with Gasteiger partial charge in [-0.15, -0.1) is 0 Å². The van der Waals surface area contributed by atoms with E-state index in [0.717, 1.165) is 37.3 Å². The van der Waals surface area contributed by atoms with Crippen molar-refractivity contribution in [2.45, 2.75) is 13.0 Å². The molecule has 1 aliphatic rings. The van der Waals surface area contributed by atoms with Gasteiger partial charge in [0.25, 0.3) is 0 Å². The molecule has 0 aliphatic carbocycles. The van der Waals surface area contributed by atoms with E-state index in [1.54, 1.807) is 0 Å². The average molecular weight is 359 g/mol. The molecule has 1 unspecified atom stereocenters. The molecule has 0 radical (unpaired) electrons. The summed E-state index contributed by atoms with van der Waals surface area (Å²) in [4.78, 5) is 17.0. The first-order valence-corrected chi connectivity index (χ1v) is 9.54. The molecular weight excluding hydrogens is 334 g/mol. The molecule has 0 spiro atoms. The van der Waals surface area contributed by atoms with E-state index in [4.69, 9.17) is 0 Å². The Balaban J connectivity index is 1.35. The molecule has 3 aromatic rings. The summed E-state index contributed by atoms with van der Waals surface area (Å²) in [6.07, 6.45) is 0. The first kappa shape index (κ1) is 17.6. The molecule has 1 N–H and O–H groups in total. The van der Waals surface area contributed by atoms with Gasteiger partial charge in [0.2, 0.25) is 0 Å². The van der Waals surface area contributed by atoms with E-state index in [0.29, 0.717) is 6.04 Å². The zero-order valence-electron chi connectivity index (χ0n) is 15.6. The van der Waals surface area contributed by atoms with Gasteiger partial charge in [-0.25, -0.2) is 4.79 Å². The minimum absolute atomic E-state index is 0.0164. The van der Waals surface area contributed by atoms with Crippen molar-refractivity contribution in [3.8, 4) is 0 Å². The molecule has 1 atom stereocenters. The number of fused-ring (bicyclic) bond motifs is 1. The van der Waals surface area contributed by atoms with Crippen molar-refractivity contribution in [1.82, 2.24) is 9.80 Å². The maximum Gasteiger partial charge on any atom is 0.321 e. The highest BCUT2D eigenvalue weighted by molar-refractivity contribution is 5.93. The van der Waals surface area contributed by atoms with Crippen molar-refractivity contribution >= 4 is 22.5 Å². The van der Waals surface area contributed by atoms with Crippen molar-refractivity contribution in [3.63, 3.8) is 0 Å². The van der Waals surface area contributed by atoms with Crippen LogP contribution in [-0.2, 0) is 0 Å². The van der Waals surface area contributed by atoms with Gasteiger partial charge in [-0.05, 0) is 35.4 Å². The molecule has 2 amide bonds. The first-order valence-electron chi connectivity index (χ1n) is 9.54. The van der Waals surface area contributed by atoms with Crippen molar-refractivity contribution < 1.29 is 4.79 Å². The maximum absolute atomic E-state index is 12.6. The van der Waals surface area contributed by atoms with Crippen LogP contribution in [0.2, 0.25) is 0 Å². The van der Waals surface area contributed by atoms with Crippen LogP contribution in [0.1, 0.15) is 18.5 Å². The van der Waals surface area contributed by atoms with E-state index in [2.05, 4.69) is 53.5 Å². The Kier molecular flexibility index (Phi) is 5.07. The fourth-order valence-corrected chi connectivity index (χ4v) is 3.72. The van der Waals surface area contributed by atoms with Gasteiger partial charge >= 0.3 is 6.03 Å². The summed E-state index contributed by atoms with van der Waals surface area (Å²) in [5, 5.41) is 5.36. The Hall–Kier alpha value is -2.85. The summed E-state index contributed by atoms with van der Waals surface area (Å²) in [5.74, 6) is 0. The number of rotatable bonds is 3. The summed E-state index contributed by atoms with van der Waals surface area (Å²) in [5.41, 5.74) is 2.17. The predicted molar refractivity (Wildman–Crippen MR) is 111 cm³/mol. The standard InChI is InChI=1S/C23H25N3O/c1-18(19-7-3-2-4-8-19)25-13-15-26(16-14-25)23(27)24-22-12-11-20-9-5-6-10-21(20)17-22/h2-12,17-18H,13-16H2,1H3,(H,24,27). The zero-order chi connectivity index (χ0) is 18.6. The molecular formula is C23H25N3O. The predicted octanol–water partition coefficient (Wildman–Crippen LogP) is 4.75. The lowest BCUT2D eigenvalue weighted by Crippen LogP contribution is -2.50. The highest BCUT2D eigenvalue weighted by Crippen LogP contribution is 2.22. The second kappa shape index (κ2) is 7.80. The Morgan fingerprint density at radius 1 is 0.852 bits per heavy atom. The lowest BCUT2D eigenvalue weighted by molar-refractivity contribution is 0.119. The van der Waals surface area contributed by atoms with Crippen LogP contribution < -0.4 is 5.32 Å². The fourth-order valence-electron chi connectivity index (χ4n) is 3.72. The van der Waals surface area contributed by atoms with Crippen LogP contribution in [0, 0.1) is 0 Å². The van der Waals surface area contributed by atoms with Gasteiger partial charge in [0.15, 0.2) is 0 Å². The van der Waals surface area contributed by atoms with E-state index in [-0.39, 0.29) is 6.03 Å². The lowest BCUT2D eigenvalue weighted by atomic mass is 10.1. The molecule has 0 saturated carbocycles. The SMILES string of the molecule is CC(c1ccccc1)N1CCN(C(=O)Nc2ccc3ccccc3c2)CC1. The number of urea groups is 1. The Bertz CT molecular complexity index is 917. The Morgan fingerprint density at radius 2 is 1.52 bits per heavy atom. The van der Waals surface area contributed by atoms with Gasteiger partial charge in [0.1, 0.15) is 0 Å². The second-order valence-corrected chi connectivity index (χ2v) is 7.10. The topological polar surface area (TPSA) is 35.6 Å². The molecule has 4 heteroatoms. The van der Waals surface area contributed by atoms with Crippen molar-refractivity contribution in [3.05, 3.63) is 78.4 Å². The highest BCUT2D eigenvalue weighted by Gasteiger charge is 2.24. The highest BCUT2D eigenvalue weighted by atomic mass is 16.2. The summed E-state index contributed by atoms with van der Waals surface area (Å²) < 4.78 is 0. The number of hydrogen-bond donors (Lipinski definition) is 1. The quantitative estimate of drug-likeness (QED) is 0.732.